The predicted molar refractivity (Wildman–Crippen MR) is 102 cm³/mol. The van der Waals surface area contributed by atoms with Crippen molar-refractivity contribution in [2.24, 2.45) is 0 Å². The van der Waals surface area contributed by atoms with Gasteiger partial charge < -0.3 is 14.8 Å². The molecular weight excluding hydrogens is 316 g/mol. The molecule has 0 aliphatic rings. The number of carbonyl (C=O) groups is 1. The van der Waals surface area contributed by atoms with Crippen LogP contribution in [0.5, 0.6) is 0 Å². The summed E-state index contributed by atoms with van der Waals surface area (Å²) in [6.07, 6.45) is 4.98. The molecule has 0 saturated heterocycles. The normalized spacial score (nSPS) is 11.6. The van der Waals surface area contributed by atoms with Gasteiger partial charge in [-0.3, -0.25) is 0 Å². The third-order valence-electron chi connectivity index (χ3n) is 3.55. The van der Waals surface area contributed by atoms with Crippen LogP contribution in [0.3, 0.4) is 0 Å². The number of ether oxygens (including phenoxy) is 1. The monoisotopic (exact) mass is 338 g/mol. The van der Waals surface area contributed by atoms with Crippen molar-refractivity contribution in [1.29, 1.82) is 0 Å². The second-order valence-corrected chi connectivity index (χ2v) is 5.59. The third kappa shape index (κ3) is 5.21. The smallest absolute Gasteiger partial charge is 0.338 e. The predicted octanol–water partition coefficient (Wildman–Crippen LogP) is 3.86. The molecule has 0 unspecified atom stereocenters. The number of carbonyl (C=O) groups excluding carboxylic acids is 1. The fraction of sp³-hybridized carbons (Fsp3) is 0.200. The van der Waals surface area contributed by atoms with Crippen LogP contribution in [-0.4, -0.2) is 37.6 Å². The summed E-state index contributed by atoms with van der Waals surface area (Å²) in [6, 6.07) is 14.4. The highest BCUT2D eigenvalue weighted by molar-refractivity contribution is 5.89. The molecule has 0 amide bonds. The van der Waals surface area contributed by atoms with E-state index < -0.39 is 5.97 Å². The Balaban J connectivity index is 2.04. The summed E-state index contributed by atoms with van der Waals surface area (Å²) in [7, 11) is 3.97. The minimum absolute atomic E-state index is 0.322. The van der Waals surface area contributed by atoms with E-state index in [2.05, 4.69) is 0 Å². The van der Waals surface area contributed by atoms with Crippen LogP contribution in [0.2, 0.25) is 0 Å². The lowest BCUT2D eigenvalue weighted by molar-refractivity contribution is -0.354. The summed E-state index contributed by atoms with van der Waals surface area (Å²) in [4.78, 5) is 13.6. The van der Waals surface area contributed by atoms with Crippen LogP contribution >= 0.6 is 0 Å². The maximum Gasteiger partial charge on any atom is 0.338 e. The Kier molecular flexibility index (Phi) is 6.34. The van der Waals surface area contributed by atoms with Crippen molar-refractivity contribution < 1.29 is 14.3 Å². The van der Waals surface area contributed by atoms with Gasteiger partial charge in [-0.2, -0.15) is 4.74 Å². The molecule has 2 aromatic rings. The number of benzene rings is 2. The summed E-state index contributed by atoms with van der Waals surface area (Å²) in [6.45, 7) is 2.07. The first-order chi connectivity index (χ1) is 12.0. The van der Waals surface area contributed by atoms with Crippen molar-refractivity contribution in [1.82, 2.24) is 0 Å². The fourth-order valence-corrected chi connectivity index (χ4v) is 2.16. The zero-order valence-electron chi connectivity index (χ0n) is 14.7. The molecule has 0 saturated carbocycles. The van der Waals surface area contributed by atoms with E-state index in [-0.39, 0.29) is 0 Å². The van der Waals surface area contributed by atoms with Gasteiger partial charge in [0.2, 0.25) is 5.69 Å². The van der Waals surface area contributed by atoms with Gasteiger partial charge in [0.1, 0.15) is 0 Å². The third-order valence-corrected chi connectivity index (χ3v) is 3.55. The number of hydrogen-bond acceptors (Lipinski definition) is 4. The van der Waals surface area contributed by atoms with Crippen LogP contribution in [0.15, 0.2) is 54.6 Å². The van der Waals surface area contributed by atoms with Gasteiger partial charge in [0, 0.05) is 38.0 Å². The van der Waals surface area contributed by atoms with Gasteiger partial charge in [-0.25, -0.2) is 4.79 Å². The number of nitrogens with zero attached hydrogens (tertiary/aromatic N) is 2. The van der Waals surface area contributed by atoms with E-state index in [4.69, 9.17) is 4.74 Å². The number of allylic oxidation sites excluding steroid dienone is 1. The largest absolute Gasteiger partial charge is 0.618 e. The minimum atomic E-state index is -0.392. The van der Waals surface area contributed by atoms with Gasteiger partial charge in [0.25, 0.3) is 0 Å². The van der Waals surface area contributed by atoms with E-state index >= 15 is 0 Å². The molecule has 0 aliphatic heterocycles. The van der Waals surface area contributed by atoms with Gasteiger partial charge in [0.05, 0.1) is 12.2 Å². The number of hydrogen-bond donors (Lipinski definition) is 0. The molecule has 0 atom stereocenters. The zero-order chi connectivity index (χ0) is 18.2. The molecule has 25 heavy (non-hydrogen) atoms. The molecule has 2 aromatic carbocycles. The van der Waals surface area contributed by atoms with Crippen LogP contribution in [0.25, 0.3) is 6.08 Å². The van der Waals surface area contributed by atoms with Gasteiger partial charge in [-0.1, -0.05) is 12.1 Å². The molecule has 0 radical (unpaired) electrons. The van der Waals surface area contributed by atoms with Crippen LogP contribution in [0, 0.1) is 5.21 Å². The van der Waals surface area contributed by atoms with Crippen LogP contribution in [0.1, 0.15) is 22.8 Å². The van der Waals surface area contributed by atoms with Crippen molar-refractivity contribution in [2.75, 3.05) is 25.6 Å². The number of esters is 1. The average Bonchev–Trinajstić information content (AvgIpc) is 2.62. The maximum atomic E-state index is 12.1. The molecule has 5 nitrogen and oxygen atoms in total. The van der Waals surface area contributed by atoms with Crippen molar-refractivity contribution in [3.05, 3.63) is 70.9 Å². The summed E-state index contributed by atoms with van der Waals surface area (Å²) in [5.74, 6) is -0.392. The lowest BCUT2D eigenvalue weighted by atomic mass is 10.2. The van der Waals surface area contributed by atoms with E-state index in [9.17, 15) is 10.0 Å². The van der Waals surface area contributed by atoms with E-state index in [0.717, 1.165) is 16.0 Å². The minimum Gasteiger partial charge on any atom is -0.618 e. The van der Waals surface area contributed by atoms with Crippen molar-refractivity contribution in [2.45, 2.75) is 6.92 Å². The first kappa shape index (κ1) is 18.3. The van der Waals surface area contributed by atoms with Crippen molar-refractivity contribution in [3.63, 3.8) is 0 Å². The topological polar surface area (TPSA) is 55.6 Å². The molecule has 0 aromatic heterocycles. The summed E-state index contributed by atoms with van der Waals surface area (Å²) in [5, 5.41) is 12.1. The molecule has 2 rings (SSSR count). The van der Waals surface area contributed by atoms with E-state index in [1.807, 2.05) is 49.3 Å². The number of anilines is 1. The first-order valence-electron chi connectivity index (χ1n) is 8.03. The summed E-state index contributed by atoms with van der Waals surface area (Å²) in [5.41, 5.74) is 3.00. The van der Waals surface area contributed by atoms with Gasteiger partial charge in [-0.15, -0.1) is 0 Å². The van der Waals surface area contributed by atoms with Gasteiger partial charge >= 0.3 is 5.97 Å². The Morgan fingerprint density at radius 1 is 1.12 bits per heavy atom. The quantitative estimate of drug-likeness (QED) is 0.264. The SMILES string of the molecule is CCOC(=O)c1ccc([N+]([O-])=CC=Cc2ccc(N(C)C)cc2)cc1. The summed E-state index contributed by atoms with van der Waals surface area (Å²) < 4.78 is 5.66. The van der Waals surface area contributed by atoms with Crippen LogP contribution < -0.4 is 4.90 Å². The van der Waals surface area contributed by atoms with Crippen molar-refractivity contribution >= 4 is 29.6 Å². The standard InChI is InChI=1S/C20H22N2O3/c1-4-25-20(23)17-9-13-19(14-10-17)22(24)15-5-6-16-7-11-18(12-8-16)21(2)3/h5-15H,4H2,1-3H3. The average molecular weight is 338 g/mol. The molecule has 0 spiro atoms. The Morgan fingerprint density at radius 2 is 1.76 bits per heavy atom. The second kappa shape index (κ2) is 8.68. The van der Waals surface area contributed by atoms with Gasteiger partial charge in [-0.05, 0) is 42.8 Å². The lowest BCUT2D eigenvalue weighted by Crippen LogP contribution is -2.07. The van der Waals surface area contributed by atoms with E-state index in [1.165, 1.54) is 6.21 Å². The molecule has 0 N–H and O–H groups in total. The Hall–Kier alpha value is -3.08. The maximum absolute atomic E-state index is 12.1. The summed E-state index contributed by atoms with van der Waals surface area (Å²) >= 11 is 0. The van der Waals surface area contributed by atoms with E-state index in [1.54, 1.807) is 37.3 Å². The molecule has 130 valence electrons. The number of rotatable bonds is 6. The highest BCUT2D eigenvalue weighted by Crippen LogP contribution is 2.14. The fourth-order valence-electron chi connectivity index (χ4n) is 2.16. The van der Waals surface area contributed by atoms with Crippen LogP contribution in [0.4, 0.5) is 11.4 Å². The Morgan fingerprint density at radius 3 is 2.32 bits per heavy atom. The molecule has 0 fully saturated rings. The van der Waals surface area contributed by atoms with E-state index in [0.29, 0.717) is 17.9 Å². The lowest BCUT2D eigenvalue weighted by Gasteiger charge is -2.11. The molecule has 0 bridgehead atoms. The van der Waals surface area contributed by atoms with Crippen molar-refractivity contribution in [3.8, 4) is 0 Å². The highest BCUT2D eigenvalue weighted by atomic mass is 16.5. The van der Waals surface area contributed by atoms with Gasteiger partial charge in [0.15, 0.2) is 6.21 Å². The van der Waals surface area contributed by atoms with Crippen LogP contribution in [-0.2, 0) is 4.74 Å². The molecule has 0 heterocycles. The molecular formula is C20H22N2O3. The Labute approximate surface area is 148 Å². The second-order valence-electron chi connectivity index (χ2n) is 5.59. The zero-order valence-corrected chi connectivity index (χ0v) is 14.7. The first-order valence-corrected chi connectivity index (χ1v) is 8.03. The molecule has 0 aliphatic carbocycles. The Bertz CT molecular complexity index is 761. The molecule has 5 heteroatoms. The highest BCUT2D eigenvalue weighted by Gasteiger charge is 2.07.